The summed E-state index contributed by atoms with van der Waals surface area (Å²) in [6.07, 6.45) is 4.79. The summed E-state index contributed by atoms with van der Waals surface area (Å²) in [5, 5.41) is 9.17. The number of nitrogens with zero attached hydrogens (tertiary/aromatic N) is 3. The second-order valence-electron chi connectivity index (χ2n) is 6.37. The number of aryl methyl sites for hydroxylation is 1. The van der Waals surface area contributed by atoms with Gasteiger partial charge in [-0.3, -0.25) is 4.98 Å². The van der Waals surface area contributed by atoms with Crippen LogP contribution in [-0.2, 0) is 16.4 Å². The first kappa shape index (κ1) is 17.6. The molecule has 6 heteroatoms. The van der Waals surface area contributed by atoms with Crippen LogP contribution in [0.15, 0.2) is 47.5 Å². The van der Waals surface area contributed by atoms with Gasteiger partial charge in [0.2, 0.25) is 10.0 Å². The number of aromatic nitrogens is 1. The monoisotopic (exact) mass is 355 g/mol. The van der Waals surface area contributed by atoms with Crippen molar-refractivity contribution in [1.82, 2.24) is 9.29 Å². The zero-order chi connectivity index (χ0) is 17.9. The van der Waals surface area contributed by atoms with Crippen LogP contribution in [0.1, 0.15) is 36.1 Å². The summed E-state index contributed by atoms with van der Waals surface area (Å²) >= 11 is 0. The van der Waals surface area contributed by atoms with E-state index in [2.05, 4.69) is 4.98 Å². The minimum absolute atomic E-state index is 0.0620. The van der Waals surface area contributed by atoms with Gasteiger partial charge in [-0.25, -0.2) is 8.42 Å². The number of hydrogen-bond acceptors (Lipinski definition) is 4. The summed E-state index contributed by atoms with van der Waals surface area (Å²) < 4.78 is 27.9. The molecule has 1 unspecified atom stereocenters. The number of benzene rings is 1. The highest BCUT2D eigenvalue weighted by Gasteiger charge is 2.34. The number of nitriles is 1. The molecule has 0 bridgehead atoms. The molecule has 130 valence electrons. The molecule has 0 amide bonds. The third kappa shape index (κ3) is 3.73. The number of hydrogen-bond donors (Lipinski definition) is 0. The summed E-state index contributed by atoms with van der Waals surface area (Å²) in [5.41, 5.74) is 1.98. The lowest BCUT2D eigenvalue weighted by Gasteiger charge is -2.34. The summed E-state index contributed by atoms with van der Waals surface area (Å²) in [5.74, 6) is 0. The molecule has 0 radical (unpaired) electrons. The van der Waals surface area contributed by atoms with Crippen molar-refractivity contribution in [2.45, 2.75) is 43.5 Å². The van der Waals surface area contributed by atoms with Crippen LogP contribution in [0.2, 0.25) is 0 Å². The zero-order valence-corrected chi connectivity index (χ0v) is 15.0. The Hall–Kier alpha value is -2.23. The second-order valence-corrected chi connectivity index (χ2v) is 8.26. The molecule has 2 heterocycles. The highest BCUT2D eigenvalue weighted by Crippen LogP contribution is 2.28. The Bertz CT molecular complexity index is 889. The Morgan fingerprint density at radius 3 is 2.76 bits per heavy atom. The van der Waals surface area contributed by atoms with Gasteiger partial charge >= 0.3 is 0 Å². The van der Waals surface area contributed by atoms with Crippen molar-refractivity contribution in [3.8, 4) is 6.07 Å². The van der Waals surface area contributed by atoms with Gasteiger partial charge in [-0.2, -0.15) is 9.57 Å². The van der Waals surface area contributed by atoms with Gasteiger partial charge in [0.25, 0.3) is 0 Å². The molecule has 0 saturated carbocycles. The van der Waals surface area contributed by atoms with E-state index in [1.165, 1.54) is 12.3 Å². The van der Waals surface area contributed by atoms with Crippen molar-refractivity contribution in [3.63, 3.8) is 0 Å². The maximum atomic E-state index is 13.1. The van der Waals surface area contributed by atoms with E-state index in [9.17, 15) is 8.42 Å². The van der Waals surface area contributed by atoms with Crippen LogP contribution in [0, 0.1) is 18.3 Å². The Morgan fingerprint density at radius 2 is 2.04 bits per heavy atom. The molecule has 1 fully saturated rings. The van der Waals surface area contributed by atoms with Crippen LogP contribution in [0.5, 0.6) is 0 Å². The summed E-state index contributed by atoms with van der Waals surface area (Å²) in [6.45, 7) is 2.21. The zero-order valence-electron chi connectivity index (χ0n) is 14.2. The normalized spacial score (nSPS) is 18.6. The SMILES string of the molecule is Cc1ncc(S(=O)(=O)N2CCCCC2Cc2ccccc2)cc1C#N. The van der Waals surface area contributed by atoms with Crippen molar-refractivity contribution < 1.29 is 8.42 Å². The topological polar surface area (TPSA) is 74.1 Å². The molecule has 1 atom stereocenters. The smallest absolute Gasteiger partial charge is 0.244 e. The molecular formula is C19H21N3O2S. The maximum absolute atomic E-state index is 13.1. The number of rotatable bonds is 4. The lowest BCUT2D eigenvalue weighted by Crippen LogP contribution is -2.44. The molecule has 0 N–H and O–H groups in total. The summed E-state index contributed by atoms with van der Waals surface area (Å²) in [7, 11) is -3.66. The molecule has 5 nitrogen and oxygen atoms in total. The van der Waals surface area contributed by atoms with E-state index in [0.717, 1.165) is 24.8 Å². The van der Waals surface area contributed by atoms with E-state index >= 15 is 0 Å². The Morgan fingerprint density at radius 1 is 1.28 bits per heavy atom. The van der Waals surface area contributed by atoms with Gasteiger partial charge in [-0.1, -0.05) is 36.8 Å². The molecular weight excluding hydrogens is 334 g/mol. The average molecular weight is 355 g/mol. The summed E-state index contributed by atoms with van der Waals surface area (Å²) in [6, 6.07) is 13.4. The van der Waals surface area contributed by atoms with E-state index in [4.69, 9.17) is 5.26 Å². The van der Waals surface area contributed by atoms with Crippen molar-refractivity contribution in [2.75, 3.05) is 6.54 Å². The van der Waals surface area contributed by atoms with Crippen molar-refractivity contribution >= 4 is 10.0 Å². The Labute approximate surface area is 149 Å². The molecule has 1 aliphatic heterocycles. The van der Waals surface area contributed by atoms with Gasteiger partial charge in [-0.05, 0) is 37.8 Å². The first-order chi connectivity index (χ1) is 12.0. The first-order valence-corrected chi connectivity index (χ1v) is 9.89. The van der Waals surface area contributed by atoms with Gasteiger partial charge in [-0.15, -0.1) is 0 Å². The maximum Gasteiger partial charge on any atom is 0.244 e. The highest BCUT2D eigenvalue weighted by molar-refractivity contribution is 7.89. The van der Waals surface area contributed by atoms with E-state index < -0.39 is 10.0 Å². The lowest BCUT2D eigenvalue weighted by atomic mass is 9.98. The van der Waals surface area contributed by atoms with Crippen LogP contribution in [0.3, 0.4) is 0 Å². The summed E-state index contributed by atoms with van der Waals surface area (Å²) in [4.78, 5) is 4.20. The van der Waals surface area contributed by atoms with E-state index in [1.54, 1.807) is 11.2 Å². The quantitative estimate of drug-likeness (QED) is 0.845. The first-order valence-electron chi connectivity index (χ1n) is 8.45. The van der Waals surface area contributed by atoms with Crippen LogP contribution >= 0.6 is 0 Å². The molecule has 1 saturated heterocycles. The molecule has 0 spiro atoms. The Balaban J connectivity index is 1.92. The standard InChI is InChI=1S/C19H21N3O2S/c1-15-17(13-20)12-19(14-21-15)25(23,24)22-10-6-5-9-18(22)11-16-7-3-2-4-8-16/h2-4,7-8,12,14,18H,5-6,9-11H2,1H3. The van der Waals surface area contributed by atoms with Crippen molar-refractivity contribution in [3.05, 3.63) is 59.4 Å². The second kappa shape index (κ2) is 7.34. The van der Waals surface area contributed by atoms with E-state index in [0.29, 0.717) is 24.2 Å². The predicted molar refractivity (Wildman–Crippen MR) is 95.4 cm³/mol. The predicted octanol–water partition coefficient (Wildman–Crippen LogP) is 3.05. The van der Waals surface area contributed by atoms with Gasteiger partial charge in [0.15, 0.2) is 0 Å². The third-order valence-electron chi connectivity index (χ3n) is 4.68. The fourth-order valence-corrected chi connectivity index (χ4v) is 4.95. The minimum Gasteiger partial charge on any atom is -0.259 e. The Kier molecular flexibility index (Phi) is 5.16. The molecule has 25 heavy (non-hydrogen) atoms. The van der Waals surface area contributed by atoms with Gasteiger partial charge in [0, 0.05) is 18.8 Å². The number of sulfonamides is 1. The van der Waals surface area contributed by atoms with Crippen LogP contribution < -0.4 is 0 Å². The number of pyridine rings is 1. The van der Waals surface area contributed by atoms with Gasteiger partial charge < -0.3 is 0 Å². The van der Waals surface area contributed by atoms with Crippen molar-refractivity contribution in [1.29, 1.82) is 5.26 Å². The molecule has 0 aliphatic carbocycles. The fraction of sp³-hybridized carbons (Fsp3) is 0.368. The van der Waals surface area contributed by atoms with Gasteiger partial charge in [0.1, 0.15) is 11.0 Å². The molecule has 1 aliphatic rings. The molecule has 1 aromatic heterocycles. The van der Waals surface area contributed by atoms with Crippen LogP contribution in [-0.4, -0.2) is 30.3 Å². The van der Waals surface area contributed by atoms with Crippen molar-refractivity contribution in [2.24, 2.45) is 0 Å². The van der Waals surface area contributed by atoms with E-state index in [1.807, 2.05) is 36.4 Å². The largest absolute Gasteiger partial charge is 0.259 e. The minimum atomic E-state index is -3.66. The van der Waals surface area contributed by atoms with Gasteiger partial charge in [0.05, 0.1) is 11.3 Å². The molecule has 2 aromatic rings. The molecule has 1 aromatic carbocycles. The average Bonchev–Trinajstić information content (AvgIpc) is 2.63. The van der Waals surface area contributed by atoms with Crippen LogP contribution in [0.4, 0.5) is 0 Å². The lowest BCUT2D eigenvalue weighted by molar-refractivity contribution is 0.251. The highest BCUT2D eigenvalue weighted by atomic mass is 32.2. The van der Waals surface area contributed by atoms with E-state index in [-0.39, 0.29) is 10.9 Å². The molecule has 3 rings (SSSR count). The fourth-order valence-electron chi connectivity index (χ4n) is 3.28. The third-order valence-corrected chi connectivity index (χ3v) is 6.59. The van der Waals surface area contributed by atoms with Crippen LogP contribution in [0.25, 0.3) is 0 Å². The number of piperidine rings is 1.